The molecule has 0 aliphatic heterocycles. The number of anilines is 1. The number of nitrogens with zero attached hydrogens (tertiary/aromatic N) is 2. The van der Waals surface area contributed by atoms with Crippen LogP contribution in [0.1, 0.15) is 22.8 Å². The normalized spacial score (nSPS) is 10.5. The van der Waals surface area contributed by atoms with Gasteiger partial charge in [-0.15, -0.1) is 11.3 Å². The van der Waals surface area contributed by atoms with Gasteiger partial charge in [-0.2, -0.15) is 0 Å². The van der Waals surface area contributed by atoms with E-state index in [-0.39, 0.29) is 16.3 Å². The van der Waals surface area contributed by atoms with Crippen molar-refractivity contribution in [1.29, 1.82) is 0 Å². The highest BCUT2D eigenvalue weighted by molar-refractivity contribution is 7.14. The Balaban J connectivity index is 1.77. The fourth-order valence-corrected chi connectivity index (χ4v) is 3.24. The molecule has 0 aliphatic rings. The van der Waals surface area contributed by atoms with Crippen LogP contribution in [0, 0.1) is 10.1 Å². The number of benzene rings is 2. The van der Waals surface area contributed by atoms with Gasteiger partial charge in [0.05, 0.1) is 10.6 Å². The molecule has 26 heavy (non-hydrogen) atoms. The maximum Gasteiger partial charge on any atom is 0.288 e. The maximum atomic E-state index is 12.3. The van der Waals surface area contributed by atoms with Crippen molar-refractivity contribution in [2.75, 3.05) is 5.32 Å². The third-order valence-electron chi connectivity index (χ3n) is 3.79. The Morgan fingerprint density at radius 3 is 2.65 bits per heavy atom. The van der Waals surface area contributed by atoms with Gasteiger partial charge in [0.25, 0.3) is 11.6 Å². The highest BCUT2D eigenvalue weighted by atomic mass is 35.5. The molecule has 132 valence electrons. The fourth-order valence-electron chi connectivity index (χ4n) is 2.34. The molecule has 3 aromatic rings. The molecule has 6 nitrogen and oxygen atoms in total. The quantitative estimate of drug-likeness (QED) is 0.482. The minimum absolute atomic E-state index is 0.0152. The molecule has 0 saturated heterocycles. The van der Waals surface area contributed by atoms with Crippen LogP contribution in [0.3, 0.4) is 0 Å². The summed E-state index contributed by atoms with van der Waals surface area (Å²) in [5, 5.41) is 15.9. The van der Waals surface area contributed by atoms with Crippen LogP contribution >= 0.6 is 22.9 Å². The summed E-state index contributed by atoms with van der Waals surface area (Å²) in [4.78, 5) is 27.0. The number of aromatic nitrogens is 1. The number of carbonyl (C=O) groups excluding carboxylic acids is 1. The third-order valence-corrected chi connectivity index (χ3v) is 4.86. The maximum absolute atomic E-state index is 12.3. The van der Waals surface area contributed by atoms with Crippen LogP contribution in [0.25, 0.3) is 11.3 Å². The molecule has 8 heteroatoms. The monoisotopic (exact) mass is 387 g/mol. The number of hydrogen-bond donors (Lipinski definition) is 1. The Morgan fingerprint density at radius 2 is 2.00 bits per heavy atom. The number of rotatable bonds is 5. The lowest BCUT2D eigenvalue weighted by molar-refractivity contribution is -0.384. The zero-order valence-electron chi connectivity index (χ0n) is 13.7. The Morgan fingerprint density at radius 1 is 1.27 bits per heavy atom. The first-order valence-electron chi connectivity index (χ1n) is 7.78. The van der Waals surface area contributed by atoms with Crippen molar-refractivity contribution in [2.24, 2.45) is 0 Å². The van der Waals surface area contributed by atoms with Crippen LogP contribution in [0.15, 0.2) is 47.8 Å². The van der Waals surface area contributed by atoms with E-state index in [4.69, 9.17) is 11.6 Å². The minimum atomic E-state index is -0.624. The second-order valence-corrected chi connectivity index (χ2v) is 6.73. The second kappa shape index (κ2) is 7.63. The van der Waals surface area contributed by atoms with Crippen LogP contribution in [-0.4, -0.2) is 15.8 Å². The molecule has 0 unspecified atom stereocenters. The number of aryl methyl sites for hydroxylation is 1. The Hall–Kier alpha value is -2.77. The van der Waals surface area contributed by atoms with Crippen molar-refractivity contribution in [3.63, 3.8) is 0 Å². The van der Waals surface area contributed by atoms with Crippen LogP contribution in [0.4, 0.5) is 10.8 Å². The molecule has 1 heterocycles. The summed E-state index contributed by atoms with van der Waals surface area (Å²) in [6.07, 6.45) is 0.964. The van der Waals surface area contributed by atoms with E-state index >= 15 is 0 Å². The first-order valence-corrected chi connectivity index (χ1v) is 9.04. The van der Waals surface area contributed by atoms with E-state index in [1.54, 1.807) is 0 Å². The molecular weight excluding hydrogens is 374 g/mol. The van der Waals surface area contributed by atoms with Gasteiger partial charge in [-0.3, -0.25) is 20.2 Å². The first kappa shape index (κ1) is 18.0. The molecule has 0 bridgehead atoms. The molecule has 1 amide bonds. The van der Waals surface area contributed by atoms with Crippen molar-refractivity contribution >= 4 is 39.7 Å². The molecule has 3 rings (SSSR count). The third kappa shape index (κ3) is 3.89. The highest BCUT2D eigenvalue weighted by Gasteiger charge is 2.17. The minimum Gasteiger partial charge on any atom is -0.298 e. The van der Waals surface area contributed by atoms with E-state index in [9.17, 15) is 14.9 Å². The van der Waals surface area contributed by atoms with Gasteiger partial charge in [-0.05, 0) is 24.1 Å². The predicted octanol–water partition coefficient (Wildman–Crippen LogP) is 5.19. The zero-order valence-corrected chi connectivity index (χ0v) is 15.3. The molecule has 0 saturated carbocycles. The predicted molar refractivity (Wildman–Crippen MR) is 103 cm³/mol. The second-order valence-electron chi connectivity index (χ2n) is 5.47. The lowest BCUT2D eigenvalue weighted by Gasteiger charge is -2.03. The zero-order chi connectivity index (χ0) is 18.7. The topological polar surface area (TPSA) is 85.1 Å². The van der Waals surface area contributed by atoms with Gasteiger partial charge in [-0.1, -0.05) is 42.8 Å². The van der Waals surface area contributed by atoms with Crippen LogP contribution in [-0.2, 0) is 6.42 Å². The summed E-state index contributed by atoms with van der Waals surface area (Å²) >= 11 is 7.05. The van der Waals surface area contributed by atoms with Crippen molar-refractivity contribution < 1.29 is 9.72 Å². The fraction of sp³-hybridized carbons (Fsp3) is 0.111. The Kier molecular flexibility index (Phi) is 5.29. The summed E-state index contributed by atoms with van der Waals surface area (Å²) in [5.41, 5.74) is 2.79. The van der Waals surface area contributed by atoms with Crippen molar-refractivity contribution in [1.82, 2.24) is 4.98 Å². The molecule has 2 aromatic carbocycles. The number of thiazole rings is 1. The van der Waals surface area contributed by atoms with Crippen LogP contribution < -0.4 is 5.32 Å². The van der Waals surface area contributed by atoms with Gasteiger partial charge in [0.1, 0.15) is 5.02 Å². The Bertz CT molecular complexity index is 970. The summed E-state index contributed by atoms with van der Waals surface area (Å²) in [7, 11) is 0. The van der Waals surface area contributed by atoms with Crippen LogP contribution in [0.2, 0.25) is 5.02 Å². The number of nitro groups is 1. The summed E-state index contributed by atoms with van der Waals surface area (Å²) in [5.74, 6) is -0.480. The lowest BCUT2D eigenvalue weighted by Crippen LogP contribution is -2.12. The van der Waals surface area contributed by atoms with Gasteiger partial charge in [0.15, 0.2) is 5.13 Å². The van der Waals surface area contributed by atoms with Gasteiger partial charge in [0.2, 0.25) is 0 Å². The molecular formula is C18H14ClN3O3S. The number of carbonyl (C=O) groups is 1. The summed E-state index contributed by atoms with van der Waals surface area (Å²) < 4.78 is 0. The average Bonchev–Trinajstić information content (AvgIpc) is 3.10. The van der Waals surface area contributed by atoms with Crippen molar-refractivity contribution in [3.8, 4) is 11.3 Å². The Labute approximate surface area is 158 Å². The molecule has 0 atom stereocenters. The number of nitro benzene ring substituents is 1. The van der Waals surface area contributed by atoms with Gasteiger partial charge < -0.3 is 0 Å². The van der Waals surface area contributed by atoms with E-state index < -0.39 is 10.8 Å². The summed E-state index contributed by atoms with van der Waals surface area (Å²) in [6.45, 7) is 2.09. The number of amides is 1. The number of halogens is 1. The van der Waals surface area contributed by atoms with E-state index in [2.05, 4.69) is 17.2 Å². The molecule has 1 aromatic heterocycles. The molecule has 0 spiro atoms. The van der Waals surface area contributed by atoms with E-state index in [1.807, 2.05) is 29.6 Å². The van der Waals surface area contributed by atoms with Gasteiger partial charge in [-0.25, -0.2) is 4.98 Å². The van der Waals surface area contributed by atoms with Gasteiger partial charge in [0, 0.05) is 22.6 Å². The van der Waals surface area contributed by atoms with E-state index in [0.29, 0.717) is 5.13 Å². The van der Waals surface area contributed by atoms with E-state index in [1.165, 1.54) is 29.0 Å². The lowest BCUT2D eigenvalue weighted by atomic mass is 10.1. The molecule has 1 N–H and O–H groups in total. The summed E-state index contributed by atoms with van der Waals surface area (Å²) in [6, 6.07) is 12.0. The van der Waals surface area contributed by atoms with Gasteiger partial charge >= 0.3 is 0 Å². The van der Waals surface area contributed by atoms with Crippen molar-refractivity contribution in [3.05, 3.63) is 74.1 Å². The molecule has 0 aliphatic carbocycles. The molecule has 0 radical (unpaired) electrons. The smallest absolute Gasteiger partial charge is 0.288 e. The number of hydrogen-bond acceptors (Lipinski definition) is 5. The highest BCUT2D eigenvalue weighted by Crippen LogP contribution is 2.27. The largest absolute Gasteiger partial charge is 0.298 e. The SMILES string of the molecule is CCc1ccc(-c2csc(NC(=O)c3ccc(Cl)c([N+](=O)[O-])c3)n2)cc1. The number of nitrogens with one attached hydrogen (secondary N) is 1. The van der Waals surface area contributed by atoms with Crippen LogP contribution in [0.5, 0.6) is 0 Å². The standard InChI is InChI=1S/C18H14ClN3O3S/c1-2-11-3-5-12(6-4-11)15-10-26-18(20-15)21-17(23)13-7-8-14(19)16(9-13)22(24)25/h3-10H,2H2,1H3,(H,20,21,23). The van der Waals surface area contributed by atoms with E-state index in [0.717, 1.165) is 23.7 Å². The molecule has 0 fully saturated rings. The first-order chi connectivity index (χ1) is 12.5. The average molecular weight is 388 g/mol. The van der Waals surface area contributed by atoms with Crippen molar-refractivity contribution in [2.45, 2.75) is 13.3 Å².